The fourth-order valence-electron chi connectivity index (χ4n) is 5.58. The molecule has 29 heavy (non-hydrogen) atoms. The molecule has 3 aliphatic heterocycles. The Bertz CT molecular complexity index is 854. The predicted molar refractivity (Wildman–Crippen MR) is 107 cm³/mol. The second-order valence-electron chi connectivity index (χ2n) is 8.92. The van der Waals surface area contributed by atoms with Crippen LogP contribution in [0.4, 0.5) is 0 Å². The van der Waals surface area contributed by atoms with Gasteiger partial charge in [0.2, 0.25) is 11.8 Å². The summed E-state index contributed by atoms with van der Waals surface area (Å²) in [4.78, 5) is 38.5. The molecule has 3 heterocycles. The van der Waals surface area contributed by atoms with Gasteiger partial charge in [-0.3, -0.25) is 19.7 Å². The Labute approximate surface area is 170 Å². The summed E-state index contributed by atoms with van der Waals surface area (Å²) in [6.07, 6.45) is 4.34. The lowest BCUT2D eigenvalue weighted by atomic mass is 9.79. The van der Waals surface area contributed by atoms with Crippen molar-refractivity contribution in [2.24, 2.45) is 11.8 Å². The molecule has 3 amide bonds. The molecule has 4 atom stereocenters. The van der Waals surface area contributed by atoms with Gasteiger partial charge in [0.25, 0.3) is 5.91 Å². The van der Waals surface area contributed by atoms with E-state index in [2.05, 4.69) is 16.0 Å². The van der Waals surface area contributed by atoms with Gasteiger partial charge in [-0.1, -0.05) is 18.2 Å². The van der Waals surface area contributed by atoms with Gasteiger partial charge >= 0.3 is 0 Å². The van der Waals surface area contributed by atoms with Crippen molar-refractivity contribution in [1.29, 1.82) is 0 Å². The van der Waals surface area contributed by atoms with Crippen molar-refractivity contribution in [2.45, 2.75) is 57.3 Å². The molecule has 5 rings (SSSR count). The van der Waals surface area contributed by atoms with Crippen LogP contribution in [0.2, 0.25) is 0 Å². The normalized spacial score (nSPS) is 31.6. The highest BCUT2D eigenvalue weighted by molar-refractivity contribution is 6.05. The third-order valence-electron chi connectivity index (χ3n) is 7.17. The summed E-state index contributed by atoms with van der Waals surface area (Å²) in [5.74, 6) is 0.900. The maximum absolute atomic E-state index is 13.2. The molecule has 0 radical (unpaired) electrons. The summed E-state index contributed by atoms with van der Waals surface area (Å²) >= 11 is 0. The van der Waals surface area contributed by atoms with Gasteiger partial charge in [0.15, 0.2) is 0 Å². The molecule has 4 unspecified atom stereocenters. The first-order valence-corrected chi connectivity index (χ1v) is 10.8. The Morgan fingerprint density at radius 2 is 1.93 bits per heavy atom. The van der Waals surface area contributed by atoms with Crippen molar-refractivity contribution in [2.75, 3.05) is 13.1 Å². The molecule has 2 saturated heterocycles. The summed E-state index contributed by atoms with van der Waals surface area (Å²) in [5.41, 5.74) is 2.72. The first kappa shape index (κ1) is 18.8. The van der Waals surface area contributed by atoms with E-state index >= 15 is 0 Å². The van der Waals surface area contributed by atoms with Crippen LogP contribution in [-0.2, 0) is 22.7 Å². The topological polar surface area (TPSA) is 90.5 Å². The highest BCUT2D eigenvalue weighted by atomic mass is 16.2. The third kappa shape index (κ3) is 3.46. The summed E-state index contributed by atoms with van der Waals surface area (Å²) in [5, 5.41) is 9.56. The van der Waals surface area contributed by atoms with E-state index in [1.54, 1.807) is 4.90 Å². The monoisotopic (exact) mass is 396 g/mol. The number of nitrogens with zero attached hydrogens (tertiary/aromatic N) is 1. The SMILES string of the molecule is O=C1CCC(N2Cc3cccc(CNC4CCC5CNCC5C4)c3C2=O)C(=O)N1. The molecule has 0 aromatic heterocycles. The zero-order valence-corrected chi connectivity index (χ0v) is 16.6. The molecule has 7 nitrogen and oxygen atoms in total. The third-order valence-corrected chi connectivity index (χ3v) is 7.17. The van der Waals surface area contributed by atoms with Crippen LogP contribution < -0.4 is 16.0 Å². The minimum Gasteiger partial charge on any atom is -0.322 e. The maximum Gasteiger partial charge on any atom is 0.255 e. The Morgan fingerprint density at radius 1 is 1.07 bits per heavy atom. The fourth-order valence-corrected chi connectivity index (χ4v) is 5.58. The number of amides is 3. The smallest absolute Gasteiger partial charge is 0.255 e. The first-order chi connectivity index (χ1) is 14.1. The van der Waals surface area contributed by atoms with E-state index in [4.69, 9.17) is 0 Å². The van der Waals surface area contributed by atoms with Crippen molar-refractivity contribution in [3.05, 3.63) is 34.9 Å². The number of rotatable bonds is 4. The highest BCUT2D eigenvalue weighted by Gasteiger charge is 2.40. The number of benzene rings is 1. The Morgan fingerprint density at radius 3 is 2.79 bits per heavy atom. The van der Waals surface area contributed by atoms with Crippen LogP contribution in [-0.4, -0.2) is 47.8 Å². The van der Waals surface area contributed by atoms with Crippen molar-refractivity contribution in [3.8, 4) is 0 Å². The van der Waals surface area contributed by atoms with Crippen molar-refractivity contribution < 1.29 is 14.4 Å². The lowest BCUT2D eigenvalue weighted by Gasteiger charge is -2.32. The van der Waals surface area contributed by atoms with Crippen molar-refractivity contribution in [3.63, 3.8) is 0 Å². The molecule has 1 aromatic carbocycles. The van der Waals surface area contributed by atoms with Gasteiger partial charge in [-0.05, 0) is 61.7 Å². The standard InChI is InChI=1S/C22H28N4O3/c27-19-7-6-18(21(28)25-19)26-12-15-3-1-2-14(20(15)22(26)29)11-24-17-5-4-13-9-23-10-16(13)8-17/h1-3,13,16-18,23-24H,4-12H2,(H,25,27,28). The zero-order chi connectivity index (χ0) is 20.0. The minimum atomic E-state index is -0.557. The van der Waals surface area contributed by atoms with Crippen LogP contribution >= 0.6 is 0 Å². The van der Waals surface area contributed by atoms with Gasteiger partial charge in [0.1, 0.15) is 6.04 Å². The molecule has 4 aliphatic rings. The van der Waals surface area contributed by atoms with Crippen LogP contribution in [0.5, 0.6) is 0 Å². The molecule has 3 fully saturated rings. The van der Waals surface area contributed by atoms with E-state index in [0.717, 1.165) is 41.6 Å². The average molecular weight is 396 g/mol. The zero-order valence-electron chi connectivity index (χ0n) is 16.6. The second-order valence-corrected chi connectivity index (χ2v) is 8.92. The van der Waals surface area contributed by atoms with Gasteiger partial charge in [0, 0.05) is 31.1 Å². The maximum atomic E-state index is 13.2. The molecule has 3 N–H and O–H groups in total. The van der Waals surface area contributed by atoms with Crippen LogP contribution in [0, 0.1) is 11.8 Å². The van der Waals surface area contributed by atoms with Gasteiger partial charge in [0.05, 0.1) is 0 Å². The molecule has 0 bridgehead atoms. The second kappa shape index (κ2) is 7.54. The lowest BCUT2D eigenvalue weighted by molar-refractivity contribution is -0.136. The number of piperidine rings is 1. The number of hydrogen-bond donors (Lipinski definition) is 3. The fraction of sp³-hybridized carbons (Fsp3) is 0.591. The van der Waals surface area contributed by atoms with Crippen LogP contribution in [0.15, 0.2) is 18.2 Å². The Hall–Kier alpha value is -2.25. The summed E-state index contributed by atoms with van der Waals surface area (Å²) in [6, 6.07) is 5.92. The van der Waals surface area contributed by atoms with Gasteiger partial charge in [-0.2, -0.15) is 0 Å². The highest BCUT2D eigenvalue weighted by Crippen LogP contribution is 2.33. The van der Waals surface area contributed by atoms with Gasteiger partial charge < -0.3 is 15.5 Å². The van der Waals surface area contributed by atoms with E-state index < -0.39 is 6.04 Å². The number of carbonyl (C=O) groups excluding carboxylic acids is 3. The van der Waals surface area contributed by atoms with Crippen LogP contribution in [0.3, 0.4) is 0 Å². The number of imide groups is 1. The van der Waals surface area contributed by atoms with E-state index in [1.165, 1.54) is 19.3 Å². The molecular formula is C22H28N4O3. The molecule has 154 valence electrons. The van der Waals surface area contributed by atoms with Crippen molar-refractivity contribution in [1.82, 2.24) is 20.9 Å². The number of fused-ring (bicyclic) bond motifs is 2. The number of nitrogens with one attached hydrogen (secondary N) is 3. The number of hydrogen-bond acceptors (Lipinski definition) is 5. The van der Waals surface area contributed by atoms with Crippen molar-refractivity contribution >= 4 is 17.7 Å². The number of carbonyl (C=O) groups is 3. The Kier molecular flexibility index (Phi) is 4.87. The first-order valence-electron chi connectivity index (χ1n) is 10.8. The van der Waals surface area contributed by atoms with Gasteiger partial charge in [-0.25, -0.2) is 0 Å². The molecule has 1 aliphatic carbocycles. The lowest BCUT2D eigenvalue weighted by Crippen LogP contribution is -2.52. The summed E-state index contributed by atoms with van der Waals surface area (Å²) < 4.78 is 0. The molecular weight excluding hydrogens is 368 g/mol. The predicted octanol–water partition coefficient (Wildman–Crippen LogP) is 0.925. The quantitative estimate of drug-likeness (QED) is 0.659. The molecule has 1 aromatic rings. The minimum absolute atomic E-state index is 0.0874. The summed E-state index contributed by atoms with van der Waals surface area (Å²) in [7, 11) is 0. The molecule has 1 saturated carbocycles. The van der Waals surface area contributed by atoms with E-state index in [-0.39, 0.29) is 24.1 Å². The molecule has 0 spiro atoms. The summed E-state index contributed by atoms with van der Waals surface area (Å²) in [6.45, 7) is 3.40. The molecule has 7 heteroatoms. The largest absolute Gasteiger partial charge is 0.322 e. The van der Waals surface area contributed by atoms with Gasteiger partial charge in [-0.15, -0.1) is 0 Å². The average Bonchev–Trinajstić information content (AvgIpc) is 3.31. The van der Waals surface area contributed by atoms with Crippen LogP contribution in [0.1, 0.15) is 53.6 Å². The Balaban J connectivity index is 1.27. The van der Waals surface area contributed by atoms with E-state index in [1.807, 2.05) is 18.2 Å². The van der Waals surface area contributed by atoms with E-state index in [9.17, 15) is 14.4 Å². The van der Waals surface area contributed by atoms with Crippen LogP contribution in [0.25, 0.3) is 0 Å². The van der Waals surface area contributed by atoms with E-state index in [0.29, 0.717) is 25.6 Å².